The molecule has 0 aromatic carbocycles. The minimum atomic E-state index is 0.0474. The third kappa shape index (κ3) is 4.53. The van der Waals surface area contributed by atoms with Crippen LogP contribution in [0.5, 0.6) is 0 Å². The Morgan fingerprint density at radius 2 is 2.05 bits per heavy atom. The molecule has 6 nitrogen and oxygen atoms in total. The van der Waals surface area contributed by atoms with E-state index < -0.39 is 0 Å². The number of rotatable bonds is 3. The van der Waals surface area contributed by atoms with E-state index in [0.717, 1.165) is 37.9 Å². The van der Waals surface area contributed by atoms with Gasteiger partial charge in [-0.1, -0.05) is 0 Å². The van der Waals surface area contributed by atoms with Gasteiger partial charge >= 0.3 is 0 Å². The van der Waals surface area contributed by atoms with Crippen LogP contribution in [0, 0.1) is 0 Å². The van der Waals surface area contributed by atoms with E-state index >= 15 is 0 Å². The van der Waals surface area contributed by atoms with Crippen LogP contribution in [0.3, 0.4) is 0 Å². The average molecular weight is 289 g/mol. The molecule has 2 heterocycles. The Kier molecular flexibility index (Phi) is 5.27. The van der Waals surface area contributed by atoms with Gasteiger partial charge in [0.05, 0.1) is 0 Å². The summed E-state index contributed by atoms with van der Waals surface area (Å²) in [7, 11) is 4.20. The first-order valence-electron chi connectivity index (χ1n) is 7.27. The molecular weight excluding hydrogens is 266 g/mol. The number of carbonyl (C=O) groups is 1. The van der Waals surface area contributed by atoms with E-state index in [4.69, 9.17) is 5.73 Å². The Labute approximate surface area is 125 Å². The summed E-state index contributed by atoms with van der Waals surface area (Å²) in [5.74, 6) is 0.284. The first-order chi connectivity index (χ1) is 10.1. The normalized spacial score (nSPS) is 20.0. The quantitative estimate of drug-likeness (QED) is 0.841. The van der Waals surface area contributed by atoms with Crippen LogP contribution in [0.15, 0.2) is 18.5 Å². The number of nitrogen functional groups attached to an aromatic ring is 1. The van der Waals surface area contributed by atoms with Crippen molar-refractivity contribution >= 4 is 17.9 Å². The minimum Gasteiger partial charge on any atom is -0.368 e. The molecule has 0 saturated carbocycles. The highest BCUT2D eigenvalue weighted by Crippen LogP contribution is 2.15. The molecule has 1 aliphatic rings. The van der Waals surface area contributed by atoms with Gasteiger partial charge < -0.3 is 15.5 Å². The fraction of sp³-hybridized carbons (Fsp3) is 0.533. The number of hydrogen-bond acceptors (Lipinski definition) is 5. The third-order valence-corrected chi connectivity index (χ3v) is 3.85. The van der Waals surface area contributed by atoms with Crippen LogP contribution in [-0.2, 0) is 4.79 Å². The molecule has 1 aromatic heterocycles. The summed E-state index contributed by atoms with van der Waals surface area (Å²) in [5, 5.41) is 0. The fourth-order valence-corrected chi connectivity index (χ4v) is 2.52. The summed E-state index contributed by atoms with van der Waals surface area (Å²) in [6, 6.07) is 0.567. The van der Waals surface area contributed by atoms with Crippen LogP contribution in [0.2, 0.25) is 0 Å². The zero-order valence-electron chi connectivity index (χ0n) is 12.7. The Hall–Kier alpha value is -1.95. The van der Waals surface area contributed by atoms with E-state index in [2.05, 4.69) is 29.0 Å². The summed E-state index contributed by atoms with van der Waals surface area (Å²) in [5.41, 5.74) is 6.21. The van der Waals surface area contributed by atoms with Gasteiger partial charge in [0.15, 0.2) is 0 Å². The average Bonchev–Trinajstić information content (AvgIpc) is 2.72. The summed E-state index contributed by atoms with van der Waals surface area (Å²) in [4.78, 5) is 24.2. The van der Waals surface area contributed by atoms with E-state index in [1.54, 1.807) is 24.5 Å². The van der Waals surface area contributed by atoms with Crippen molar-refractivity contribution in [2.45, 2.75) is 25.3 Å². The minimum absolute atomic E-state index is 0.0474. The topological polar surface area (TPSA) is 75.3 Å². The summed E-state index contributed by atoms with van der Waals surface area (Å²) in [6.07, 6.45) is 9.76. The van der Waals surface area contributed by atoms with Crippen molar-refractivity contribution in [3.05, 3.63) is 24.0 Å². The molecule has 0 aliphatic carbocycles. The molecule has 1 saturated heterocycles. The number of amides is 1. The summed E-state index contributed by atoms with van der Waals surface area (Å²) >= 11 is 0. The molecule has 2 N–H and O–H groups in total. The van der Waals surface area contributed by atoms with Crippen LogP contribution in [0.25, 0.3) is 6.08 Å². The lowest BCUT2D eigenvalue weighted by molar-refractivity contribution is -0.125. The van der Waals surface area contributed by atoms with Crippen LogP contribution in [0.1, 0.15) is 24.8 Å². The van der Waals surface area contributed by atoms with Crippen molar-refractivity contribution in [3.8, 4) is 0 Å². The van der Waals surface area contributed by atoms with Crippen molar-refractivity contribution in [2.24, 2.45) is 0 Å². The Morgan fingerprint density at radius 1 is 1.33 bits per heavy atom. The van der Waals surface area contributed by atoms with Crippen molar-refractivity contribution in [1.29, 1.82) is 0 Å². The Balaban J connectivity index is 1.92. The molecule has 1 atom stereocenters. The van der Waals surface area contributed by atoms with Gasteiger partial charge in [0.2, 0.25) is 11.9 Å². The molecule has 0 radical (unpaired) electrons. The lowest BCUT2D eigenvalue weighted by Crippen LogP contribution is -2.32. The van der Waals surface area contributed by atoms with Gasteiger partial charge in [-0.15, -0.1) is 0 Å². The smallest absolute Gasteiger partial charge is 0.246 e. The number of nitrogens with two attached hydrogens (primary N) is 1. The van der Waals surface area contributed by atoms with E-state index in [9.17, 15) is 4.79 Å². The highest BCUT2D eigenvalue weighted by atomic mass is 16.2. The second kappa shape index (κ2) is 7.17. The number of anilines is 1. The van der Waals surface area contributed by atoms with Crippen molar-refractivity contribution in [1.82, 2.24) is 19.8 Å². The lowest BCUT2D eigenvalue weighted by Gasteiger charge is -2.22. The van der Waals surface area contributed by atoms with Crippen molar-refractivity contribution < 1.29 is 4.79 Å². The number of nitrogens with zero attached hydrogens (tertiary/aromatic N) is 4. The first kappa shape index (κ1) is 15.4. The van der Waals surface area contributed by atoms with Crippen LogP contribution >= 0.6 is 0 Å². The predicted octanol–water partition coefficient (Wildman–Crippen LogP) is 1.01. The van der Waals surface area contributed by atoms with E-state index in [1.165, 1.54) is 0 Å². The zero-order valence-corrected chi connectivity index (χ0v) is 12.7. The SMILES string of the molecule is CN(C)C1CCCN(C(=O)C=Cc2cnc(N)nc2)CC1. The fourth-order valence-electron chi connectivity index (χ4n) is 2.52. The van der Waals surface area contributed by atoms with Gasteiger partial charge in [0, 0.05) is 43.2 Å². The third-order valence-electron chi connectivity index (χ3n) is 3.85. The van der Waals surface area contributed by atoms with Crippen LogP contribution in [0.4, 0.5) is 5.95 Å². The van der Waals surface area contributed by atoms with Crippen LogP contribution < -0.4 is 5.73 Å². The Morgan fingerprint density at radius 3 is 2.71 bits per heavy atom. The second-order valence-electron chi connectivity index (χ2n) is 5.58. The van der Waals surface area contributed by atoms with E-state index in [-0.39, 0.29) is 11.9 Å². The molecule has 114 valence electrons. The van der Waals surface area contributed by atoms with Gasteiger partial charge in [-0.2, -0.15) is 0 Å². The largest absolute Gasteiger partial charge is 0.368 e. The zero-order chi connectivity index (χ0) is 15.2. The van der Waals surface area contributed by atoms with Gasteiger partial charge in [-0.3, -0.25) is 4.79 Å². The number of likely N-dealkylation sites (tertiary alicyclic amines) is 1. The van der Waals surface area contributed by atoms with Gasteiger partial charge in [0.1, 0.15) is 0 Å². The lowest BCUT2D eigenvalue weighted by atomic mass is 10.1. The standard InChI is InChI=1S/C15H23N5O/c1-19(2)13-4-3-8-20(9-7-13)14(21)6-5-12-10-17-15(16)18-11-12/h5-6,10-11,13H,3-4,7-9H2,1-2H3,(H2,16,17,18). The second-order valence-corrected chi connectivity index (χ2v) is 5.58. The van der Waals surface area contributed by atoms with E-state index in [1.807, 2.05) is 4.90 Å². The molecule has 1 unspecified atom stereocenters. The van der Waals surface area contributed by atoms with Gasteiger partial charge in [-0.25, -0.2) is 9.97 Å². The highest BCUT2D eigenvalue weighted by molar-refractivity contribution is 5.91. The number of aromatic nitrogens is 2. The molecule has 2 rings (SSSR count). The highest BCUT2D eigenvalue weighted by Gasteiger charge is 2.20. The predicted molar refractivity (Wildman–Crippen MR) is 83.4 cm³/mol. The molecule has 0 spiro atoms. The molecule has 1 fully saturated rings. The maximum absolute atomic E-state index is 12.2. The summed E-state index contributed by atoms with van der Waals surface area (Å²) < 4.78 is 0. The number of hydrogen-bond donors (Lipinski definition) is 1. The van der Waals surface area contributed by atoms with Gasteiger partial charge in [0.25, 0.3) is 0 Å². The molecule has 1 aromatic rings. The Bertz CT molecular complexity index is 497. The molecule has 21 heavy (non-hydrogen) atoms. The maximum atomic E-state index is 12.2. The monoisotopic (exact) mass is 289 g/mol. The molecule has 1 aliphatic heterocycles. The summed E-state index contributed by atoms with van der Waals surface area (Å²) in [6.45, 7) is 1.63. The van der Waals surface area contributed by atoms with Crippen molar-refractivity contribution in [3.63, 3.8) is 0 Å². The van der Waals surface area contributed by atoms with E-state index in [0.29, 0.717) is 6.04 Å². The molecule has 6 heteroatoms. The van der Waals surface area contributed by atoms with Crippen molar-refractivity contribution in [2.75, 3.05) is 32.9 Å². The number of carbonyl (C=O) groups excluding carboxylic acids is 1. The molecule has 1 amide bonds. The maximum Gasteiger partial charge on any atom is 0.246 e. The van der Waals surface area contributed by atoms with Gasteiger partial charge in [-0.05, 0) is 39.4 Å². The molecular formula is C15H23N5O. The first-order valence-corrected chi connectivity index (χ1v) is 7.27. The van der Waals surface area contributed by atoms with Crippen LogP contribution in [-0.4, -0.2) is 58.9 Å². The molecule has 0 bridgehead atoms.